The Kier molecular flexibility index (Phi) is 5.35. The van der Waals surface area contributed by atoms with Gasteiger partial charge in [-0.1, -0.05) is 0 Å². The number of carboxylic acids is 1. The van der Waals surface area contributed by atoms with Crippen molar-refractivity contribution in [3.05, 3.63) is 47.5 Å². The molecule has 3 rings (SSSR count). The zero-order valence-corrected chi connectivity index (χ0v) is 14.7. The van der Waals surface area contributed by atoms with Crippen molar-refractivity contribution in [3.63, 3.8) is 0 Å². The van der Waals surface area contributed by atoms with Crippen LogP contribution in [-0.2, 0) is 4.79 Å². The number of amides is 1. The van der Waals surface area contributed by atoms with Gasteiger partial charge in [0.2, 0.25) is 0 Å². The molecule has 0 radical (unpaired) electrons. The summed E-state index contributed by atoms with van der Waals surface area (Å²) in [5, 5.41) is 13.2. The minimum absolute atomic E-state index is 0.130. The standard InChI is InChI=1S/C19H22FN3O3/c1-13-11-23(16-7-5-15(20)6-8-16)21-18(13)19(26)22-10-2-3-14(12-22)4-9-17(24)25/h5-8,11,14H,2-4,9-10,12H2,1H3,(H,24,25). The number of carboxylic acid groups (broad SMARTS) is 1. The van der Waals surface area contributed by atoms with E-state index in [1.54, 1.807) is 27.9 Å². The van der Waals surface area contributed by atoms with Crippen molar-refractivity contribution < 1.29 is 19.1 Å². The van der Waals surface area contributed by atoms with Gasteiger partial charge >= 0.3 is 5.97 Å². The lowest BCUT2D eigenvalue weighted by atomic mass is 9.93. The lowest BCUT2D eigenvalue weighted by Crippen LogP contribution is -2.40. The van der Waals surface area contributed by atoms with Gasteiger partial charge in [-0.3, -0.25) is 9.59 Å². The van der Waals surface area contributed by atoms with E-state index in [0.717, 1.165) is 18.4 Å². The molecule has 7 heteroatoms. The second-order valence-corrected chi connectivity index (χ2v) is 6.77. The SMILES string of the molecule is Cc1cn(-c2ccc(F)cc2)nc1C(=O)N1CCCC(CCC(=O)O)C1. The largest absolute Gasteiger partial charge is 0.481 e. The van der Waals surface area contributed by atoms with Crippen LogP contribution in [0.4, 0.5) is 4.39 Å². The van der Waals surface area contributed by atoms with Crippen molar-refractivity contribution >= 4 is 11.9 Å². The molecule has 26 heavy (non-hydrogen) atoms. The monoisotopic (exact) mass is 359 g/mol. The zero-order valence-electron chi connectivity index (χ0n) is 14.7. The lowest BCUT2D eigenvalue weighted by molar-refractivity contribution is -0.137. The summed E-state index contributed by atoms with van der Waals surface area (Å²) in [6.45, 7) is 3.05. The first kappa shape index (κ1) is 18.1. The van der Waals surface area contributed by atoms with E-state index in [0.29, 0.717) is 30.9 Å². The molecule has 0 saturated carbocycles. The molecule has 0 spiro atoms. The van der Waals surface area contributed by atoms with Gasteiger partial charge < -0.3 is 10.0 Å². The van der Waals surface area contributed by atoms with E-state index < -0.39 is 5.97 Å². The second-order valence-electron chi connectivity index (χ2n) is 6.77. The summed E-state index contributed by atoms with van der Waals surface area (Å²) in [5.41, 5.74) is 1.83. The number of benzene rings is 1. The number of carbonyl (C=O) groups excluding carboxylic acids is 1. The fourth-order valence-corrected chi connectivity index (χ4v) is 3.36. The Morgan fingerprint density at radius 3 is 2.73 bits per heavy atom. The lowest BCUT2D eigenvalue weighted by Gasteiger charge is -2.32. The molecule has 1 N–H and O–H groups in total. The molecule has 1 saturated heterocycles. The number of hydrogen-bond donors (Lipinski definition) is 1. The van der Waals surface area contributed by atoms with Gasteiger partial charge in [0.05, 0.1) is 5.69 Å². The van der Waals surface area contributed by atoms with E-state index in [1.165, 1.54) is 12.1 Å². The van der Waals surface area contributed by atoms with Crippen LogP contribution in [0.25, 0.3) is 5.69 Å². The minimum Gasteiger partial charge on any atom is -0.481 e. The van der Waals surface area contributed by atoms with Gasteiger partial charge in [0.15, 0.2) is 5.69 Å². The molecule has 1 atom stereocenters. The molecule has 138 valence electrons. The van der Waals surface area contributed by atoms with Crippen LogP contribution in [0.3, 0.4) is 0 Å². The first-order valence-corrected chi connectivity index (χ1v) is 8.77. The van der Waals surface area contributed by atoms with E-state index in [4.69, 9.17) is 5.11 Å². The van der Waals surface area contributed by atoms with Crippen molar-refractivity contribution in [2.75, 3.05) is 13.1 Å². The topological polar surface area (TPSA) is 75.4 Å². The second kappa shape index (κ2) is 7.68. The third-order valence-corrected chi connectivity index (χ3v) is 4.76. The predicted octanol–water partition coefficient (Wildman–Crippen LogP) is 3.04. The molecule has 1 amide bonds. The van der Waals surface area contributed by atoms with Crippen LogP contribution >= 0.6 is 0 Å². The minimum atomic E-state index is -0.803. The van der Waals surface area contributed by atoms with E-state index >= 15 is 0 Å². The molecule has 1 unspecified atom stereocenters. The molecular weight excluding hydrogens is 337 g/mol. The highest BCUT2D eigenvalue weighted by atomic mass is 19.1. The van der Waals surface area contributed by atoms with Gasteiger partial charge in [-0.25, -0.2) is 9.07 Å². The van der Waals surface area contributed by atoms with Gasteiger partial charge in [-0.2, -0.15) is 5.10 Å². The van der Waals surface area contributed by atoms with E-state index in [2.05, 4.69) is 5.10 Å². The Balaban J connectivity index is 1.73. The summed E-state index contributed by atoms with van der Waals surface area (Å²) in [6, 6.07) is 5.93. The van der Waals surface area contributed by atoms with Crippen LogP contribution in [0.15, 0.2) is 30.5 Å². The maximum atomic E-state index is 13.1. The summed E-state index contributed by atoms with van der Waals surface area (Å²) < 4.78 is 14.7. The molecule has 6 nitrogen and oxygen atoms in total. The maximum absolute atomic E-state index is 13.1. The Hall–Kier alpha value is -2.70. The van der Waals surface area contributed by atoms with E-state index in [-0.39, 0.29) is 24.1 Å². The molecule has 1 aliphatic heterocycles. The maximum Gasteiger partial charge on any atom is 0.303 e. The third kappa shape index (κ3) is 4.09. The van der Waals surface area contributed by atoms with Gasteiger partial charge in [-0.05, 0) is 56.4 Å². The molecule has 1 aliphatic rings. The summed E-state index contributed by atoms with van der Waals surface area (Å²) in [5.74, 6) is -1.05. The predicted molar refractivity (Wildman–Crippen MR) is 93.8 cm³/mol. The Morgan fingerprint density at radius 1 is 1.31 bits per heavy atom. The number of piperidine rings is 1. The quantitative estimate of drug-likeness (QED) is 0.890. The summed E-state index contributed by atoms with van der Waals surface area (Å²) in [4.78, 5) is 25.4. The third-order valence-electron chi connectivity index (χ3n) is 4.76. The number of carbonyl (C=O) groups is 2. The molecule has 1 aromatic heterocycles. The van der Waals surface area contributed by atoms with Crippen molar-refractivity contribution in [2.24, 2.45) is 5.92 Å². The number of likely N-dealkylation sites (tertiary alicyclic amines) is 1. The number of aryl methyl sites for hydroxylation is 1. The number of rotatable bonds is 5. The normalized spacial score (nSPS) is 17.3. The highest BCUT2D eigenvalue weighted by Gasteiger charge is 2.27. The van der Waals surface area contributed by atoms with Crippen molar-refractivity contribution in [1.29, 1.82) is 0 Å². The van der Waals surface area contributed by atoms with Gasteiger partial charge in [0, 0.05) is 31.3 Å². The summed E-state index contributed by atoms with van der Waals surface area (Å²) in [7, 11) is 0. The van der Waals surface area contributed by atoms with Gasteiger partial charge in [0.1, 0.15) is 5.82 Å². The van der Waals surface area contributed by atoms with E-state index in [9.17, 15) is 14.0 Å². The fourth-order valence-electron chi connectivity index (χ4n) is 3.36. The average Bonchev–Trinajstić information content (AvgIpc) is 3.02. The van der Waals surface area contributed by atoms with Crippen LogP contribution in [-0.4, -0.2) is 44.8 Å². The summed E-state index contributed by atoms with van der Waals surface area (Å²) in [6.07, 6.45) is 4.28. The van der Waals surface area contributed by atoms with E-state index in [1.807, 2.05) is 6.92 Å². The molecular formula is C19H22FN3O3. The van der Waals surface area contributed by atoms with Crippen molar-refractivity contribution in [2.45, 2.75) is 32.6 Å². The summed E-state index contributed by atoms with van der Waals surface area (Å²) >= 11 is 0. The number of aliphatic carboxylic acids is 1. The highest BCUT2D eigenvalue weighted by Crippen LogP contribution is 2.23. The number of nitrogens with zero attached hydrogens (tertiary/aromatic N) is 3. The molecule has 0 bridgehead atoms. The van der Waals surface area contributed by atoms with Crippen LogP contribution in [0.1, 0.15) is 41.7 Å². The number of hydrogen-bond acceptors (Lipinski definition) is 3. The van der Waals surface area contributed by atoms with Crippen LogP contribution in [0, 0.1) is 18.7 Å². The molecule has 1 fully saturated rings. The molecule has 2 aromatic rings. The molecule has 2 heterocycles. The Morgan fingerprint density at radius 2 is 2.04 bits per heavy atom. The first-order valence-electron chi connectivity index (χ1n) is 8.77. The Bertz CT molecular complexity index is 801. The van der Waals surface area contributed by atoms with Crippen molar-refractivity contribution in [1.82, 2.24) is 14.7 Å². The molecule has 0 aliphatic carbocycles. The van der Waals surface area contributed by atoms with Gasteiger partial charge in [-0.15, -0.1) is 0 Å². The van der Waals surface area contributed by atoms with Crippen LogP contribution in [0.5, 0.6) is 0 Å². The first-order chi connectivity index (χ1) is 12.4. The van der Waals surface area contributed by atoms with Crippen molar-refractivity contribution in [3.8, 4) is 5.69 Å². The Labute approximate surface area is 151 Å². The molecule has 1 aromatic carbocycles. The van der Waals surface area contributed by atoms with Crippen LogP contribution < -0.4 is 0 Å². The zero-order chi connectivity index (χ0) is 18.7. The number of aromatic nitrogens is 2. The fraction of sp³-hybridized carbons (Fsp3) is 0.421. The smallest absolute Gasteiger partial charge is 0.303 e. The van der Waals surface area contributed by atoms with Gasteiger partial charge in [0.25, 0.3) is 5.91 Å². The highest BCUT2D eigenvalue weighted by molar-refractivity contribution is 5.93. The number of halogens is 1. The van der Waals surface area contributed by atoms with Crippen LogP contribution in [0.2, 0.25) is 0 Å². The average molecular weight is 359 g/mol.